The molecule has 1 aromatic heterocycles. The van der Waals surface area contributed by atoms with E-state index in [0.717, 1.165) is 12.8 Å². The standard InChI is InChI=1S/C12H16BrNO4/c1-3-4-8(2)14-11(15)7-17-12(16)9-5-6-10(13)18-9/h5-6,8H,3-4,7H2,1-2H3,(H,14,15)/t8-/m0/s1. The highest BCUT2D eigenvalue weighted by Gasteiger charge is 2.14. The molecule has 6 heteroatoms. The van der Waals surface area contributed by atoms with E-state index in [4.69, 9.17) is 9.15 Å². The second-order valence-electron chi connectivity index (χ2n) is 3.94. The third-order valence-electron chi connectivity index (χ3n) is 2.24. The Bertz CT molecular complexity index is 416. The topological polar surface area (TPSA) is 68.5 Å². The fourth-order valence-corrected chi connectivity index (χ4v) is 1.75. The molecule has 1 amide bonds. The molecule has 5 nitrogen and oxygen atoms in total. The molecule has 1 aromatic rings. The quantitative estimate of drug-likeness (QED) is 0.818. The predicted octanol–water partition coefficient (Wildman–Crippen LogP) is 2.50. The second-order valence-corrected chi connectivity index (χ2v) is 4.72. The number of furan rings is 1. The minimum atomic E-state index is -0.654. The number of rotatable bonds is 6. The van der Waals surface area contributed by atoms with E-state index < -0.39 is 5.97 Å². The van der Waals surface area contributed by atoms with Crippen LogP contribution in [0.1, 0.15) is 37.2 Å². The lowest BCUT2D eigenvalue weighted by Crippen LogP contribution is -2.35. The van der Waals surface area contributed by atoms with Gasteiger partial charge in [-0.15, -0.1) is 0 Å². The molecule has 0 unspecified atom stereocenters. The number of hydrogen-bond acceptors (Lipinski definition) is 4. The number of halogens is 1. The molecular weight excluding hydrogens is 302 g/mol. The first-order valence-electron chi connectivity index (χ1n) is 5.74. The lowest BCUT2D eigenvalue weighted by Gasteiger charge is -2.12. The maximum absolute atomic E-state index is 11.5. The Morgan fingerprint density at radius 3 is 2.78 bits per heavy atom. The number of esters is 1. The summed E-state index contributed by atoms with van der Waals surface area (Å²) >= 11 is 3.08. The zero-order valence-electron chi connectivity index (χ0n) is 10.4. The second kappa shape index (κ2) is 7.20. The molecule has 100 valence electrons. The molecule has 1 rings (SSSR count). The number of carbonyl (C=O) groups excluding carboxylic acids is 2. The van der Waals surface area contributed by atoms with E-state index in [9.17, 15) is 9.59 Å². The van der Waals surface area contributed by atoms with Crippen LogP contribution in [0.15, 0.2) is 21.2 Å². The Balaban J connectivity index is 2.32. The van der Waals surface area contributed by atoms with Crippen molar-refractivity contribution in [1.82, 2.24) is 5.32 Å². The first kappa shape index (κ1) is 14.8. The first-order chi connectivity index (χ1) is 8.52. The molecule has 1 heterocycles. The summed E-state index contributed by atoms with van der Waals surface area (Å²) in [7, 11) is 0. The summed E-state index contributed by atoms with van der Waals surface area (Å²) < 4.78 is 10.3. The monoisotopic (exact) mass is 317 g/mol. The fourth-order valence-electron chi connectivity index (χ4n) is 1.45. The molecule has 0 aliphatic carbocycles. The zero-order valence-corrected chi connectivity index (χ0v) is 12.0. The van der Waals surface area contributed by atoms with Gasteiger partial charge in [0.1, 0.15) is 0 Å². The summed E-state index contributed by atoms with van der Waals surface area (Å²) in [4.78, 5) is 22.9. The Kier molecular flexibility index (Phi) is 5.91. The maximum atomic E-state index is 11.5. The van der Waals surface area contributed by atoms with Gasteiger partial charge in [-0.05, 0) is 41.4 Å². The van der Waals surface area contributed by atoms with Crippen molar-refractivity contribution in [3.05, 3.63) is 22.6 Å². The number of carbonyl (C=O) groups is 2. The lowest BCUT2D eigenvalue weighted by molar-refractivity contribution is -0.124. The molecule has 1 atom stereocenters. The van der Waals surface area contributed by atoms with Crippen molar-refractivity contribution in [2.24, 2.45) is 0 Å². The minimum absolute atomic E-state index is 0.0660. The number of ether oxygens (including phenoxy) is 1. The van der Waals surface area contributed by atoms with Crippen LogP contribution in [-0.2, 0) is 9.53 Å². The summed E-state index contributed by atoms with van der Waals surface area (Å²) in [6.45, 7) is 3.65. The van der Waals surface area contributed by atoms with E-state index in [-0.39, 0.29) is 24.3 Å². The van der Waals surface area contributed by atoms with Gasteiger partial charge < -0.3 is 14.5 Å². The Morgan fingerprint density at radius 1 is 1.50 bits per heavy atom. The smallest absolute Gasteiger partial charge is 0.374 e. The molecule has 0 spiro atoms. The maximum Gasteiger partial charge on any atom is 0.374 e. The van der Waals surface area contributed by atoms with Crippen LogP contribution in [-0.4, -0.2) is 24.5 Å². The van der Waals surface area contributed by atoms with Gasteiger partial charge in [0.2, 0.25) is 5.76 Å². The average Bonchev–Trinajstić information content (AvgIpc) is 2.73. The average molecular weight is 318 g/mol. The molecule has 1 N–H and O–H groups in total. The SMILES string of the molecule is CCC[C@H](C)NC(=O)COC(=O)c1ccc(Br)o1. The highest BCUT2D eigenvalue weighted by Crippen LogP contribution is 2.14. The zero-order chi connectivity index (χ0) is 13.5. The van der Waals surface area contributed by atoms with Crippen molar-refractivity contribution in [3.8, 4) is 0 Å². The first-order valence-corrected chi connectivity index (χ1v) is 6.54. The molecule has 0 fully saturated rings. The number of hydrogen-bond donors (Lipinski definition) is 1. The highest BCUT2D eigenvalue weighted by atomic mass is 79.9. The molecule has 18 heavy (non-hydrogen) atoms. The van der Waals surface area contributed by atoms with Crippen LogP contribution < -0.4 is 5.32 Å². The van der Waals surface area contributed by atoms with Crippen molar-refractivity contribution >= 4 is 27.8 Å². The molecule has 0 saturated carbocycles. The van der Waals surface area contributed by atoms with E-state index in [1.165, 1.54) is 6.07 Å². The van der Waals surface area contributed by atoms with Crippen molar-refractivity contribution in [1.29, 1.82) is 0 Å². The van der Waals surface area contributed by atoms with E-state index in [0.29, 0.717) is 4.67 Å². The molecular formula is C12H16BrNO4. The van der Waals surface area contributed by atoms with Gasteiger partial charge >= 0.3 is 5.97 Å². The van der Waals surface area contributed by atoms with Crippen molar-refractivity contribution in [2.75, 3.05) is 6.61 Å². The van der Waals surface area contributed by atoms with Crippen LogP contribution in [0.4, 0.5) is 0 Å². The molecule has 0 radical (unpaired) electrons. The summed E-state index contributed by atoms with van der Waals surface area (Å²) in [5.41, 5.74) is 0. The van der Waals surface area contributed by atoms with Gasteiger partial charge in [0.15, 0.2) is 11.3 Å². The van der Waals surface area contributed by atoms with Gasteiger partial charge in [-0.2, -0.15) is 0 Å². The predicted molar refractivity (Wildman–Crippen MR) is 69.2 cm³/mol. The largest absolute Gasteiger partial charge is 0.450 e. The van der Waals surface area contributed by atoms with Crippen LogP contribution >= 0.6 is 15.9 Å². The van der Waals surface area contributed by atoms with Crippen LogP contribution in [0.5, 0.6) is 0 Å². The molecule has 0 aliphatic rings. The summed E-state index contributed by atoms with van der Waals surface area (Å²) in [5, 5.41) is 2.74. The molecule has 0 aliphatic heterocycles. The van der Waals surface area contributed by atoms with Crippen LogP contribution in [0.2, 0.25) is 0 Å². The summed E-state index contributed by atoms with van der Waals surface area (Å²) in [6.07, 6.45) is 1.88. The summed E-state index contributed by atoms with van der Waals surface area (Å²) in [5.74, 6) is -0.898. The Hall–Kier alpha value is -1.30. The molecule has 0 bridgehead atoms. The Labute approximate surface area is 114 Å². The lowest BCUT2D eigenvalue weighted by atomic mass is 10.2. The van der Waals surface area contributed by atoms with E-state index in [1.54, 1.807) is 6.07 Å². The highest BCUT2D eigenvalue weighted by molar-refractivity contribution is 9.10. The van der Waals surface area contributed by atoms with Gasteiger partial charge in [-0.1, -0.05) is 13.3 Å². The van der Waals surface area contributed by atoms with Crippen molar-refractivity contribution in [3.63, 3.8) is 0 Å². The van der Waals surface area contributed by atoms with Crippen LogP contribution in [0.25, 0.3) is 0 Å². The fraction of sp³-hybridized carbons (Fsp3) is 0.500. The van der Waals surface area contributed by atoms with E-state index >= 15 is 0 Å². The summed E-state index contributed by atoms with van der Waals surface area (Å²) in [6, 6.07) is 3.14. The third kappa shape index (κ3) is 4.91. The van der Waals surface area contributed by atoms with E-state index in [1.807, 2.05) is 13.8 Å². The Morgan fingerprint density at radius 2 is 2.22 bits per heavy atom. The normalized spacial score (nSPS) is 11.9. The van der Waals surface area contributed by atoms with Gasteiger partial charge in [-0.3, -0.25) is 4.79 Å². The minimum Gasteiger partial charge on any atom is -0.450 e. The van der Waals surface area contributed by atoms with Gasteiger partial charge in [-0.25, -0.2) is 4.79 Å². The molecule has 0 aromatic carbocycles. The van der Waals surface area contributed by atoms with Crippen molar-refractivity contribution < 1.29 is 18.7 Å². The third-order valence-corrected chi connectivity index (χ3v) is 2.66. The van der Waals surface area contributed by atoms with Gasteiger partial charge in [0.05, 0.1) is 0 Å². The molecule has 0 saturated heterocycles. The van der Waals surface area contributed by atoms with Crippen LogP contribution in [0.3, 0.4) is 0 Å². The van der Waals surface area contributed by atoms with Gasteiger partial charge in [0, 0.05) is 6.04 Å². The van der Waals surface area contributed by atoms with Gasteiger partial charge in [0.25, 0.3) is 5.91 Å². The van der Waals surface area contributed by atoms with Crippen molar-refractivity contribution in [2.45, 2.75) is 32.7 Å². The number of nitrogens with one attached hydrogen (secondary N) is 1. The van der Waals surface area contributed by atoms with E-state index in [2.05, 4.69) is 21.2 Å². The van der Waals surface area contributed by atoms with Crippen LogP contribution in [0, 0.1) is 0 Å². The number of amides is 1.